The molecule has 0 bridgehead atoms. The first-order chi connectivity index (χ1) is 9.10. The molecule has 0 fully saturated rings. The number of nitrogens with zero attached hydrogens (tertiary/aromatic N) is 1. The fourth-order valence-corrected chi connectivity index (χ4v) is 2.94. The lowest BCUT2D eigenvalue weighted by atomic mass is 10.1. The molecule has 0 radical (unpaired) electrons. The summed E-state index contributed by atoms with van der Waals surface area (Å²) in [6.45, 7) is 0. The first-order valence-corrected chi connectivity index (χ1v) is 7.54. The van der Waals surface area contributed by atoms with Gasteiger partial charge in [0.2, 0.25) is 0 Å². The van der Waals surface area contributed by atoms with E-state index >= 15 is 0 Å². The Bertz CT molecular complexity index is 664. The average Bonchev–Trinajstić information content (AvgIpc) is 2.42. The summed E-state index contributed by atoms with van der Waals surface area (Å²) in [4.78, 5) is 0.630. The minimum atomic E-state index is -1.33. The van der Waals surface area contributed by atoms with Gasteiger partial charge in [0.05, 0.1) is 28.2 Å². The zero-order valence-corrected chi connectivity index (χ0v) is 12.2. The summed E-state index contributed by atoms with van der Waals surface area (Å²) in [6, 6.07) is 13.0. The lowest BCUT2D eigenvalue weighted by Crippen LogP contribution is -1.99. The van der Waals surface area contributed by atoms with E-state index < -0.39 is 16.6 Å². The van der Waals surface area contributed by atoms with Gasteiger partial charge in [0.25, 0.3) is 0 Å². The molecule has 0 saturated carbocycles. The Balaban J connectivity index is 2.24. The van der Waals surface area contributed by atoms with E-state index in [1.165, 1.54) is 18.2 Å². The Morgan fingerprint density at radius 1 is 1.21 bits per heavy atom. The van der Waals surface area contributed by atoms with Crippen LogP contribution in [-0.4, -0.2) is 4.21 Å². The molecule has 0 amide bonds. The van der Waals surface area contributed by atoms with E-state index in [4.69, 9.17) is 5.26 Å². The fourth-order valence-electron chi connectivity index (χ4n) is 1.57. The van der Waals surface area contributed by atoms with E-state index in [0.29, 0.717) is 16.0 Å². The normalized spacial score (nSPS) is 11.8. The highest BCUT2D eigenvalue weighted by molar-refractivity contribution is 9.10. The molecule has 1 unspecified atom stereocenters. The largest absolute Gasteiger partial charge is 0.254 e. The van der Waals surface area contributed by atoms with Crippen molar-refractivity contribution in [2.75, 3.05) is 0 Å². The van der Waals surface area contributed by atoms with Crippen molar-refractivity contribution in [2.24, 2.45) is 0 Å². The lowest BCUT2D eigenvalue weighted by molar-refractivity contribution is 0.615. The van der Waals surface area contributed by atoms with Crippen molar-refractivity contribution in [1.29, 1.82) is 5.26 Å². The molecule has 0 aromatic heterocycles. The molecule has 0 N–H and O–H groups in total. The maximum Gasteiger partial charge on any atom is 0.127 e. The summed E-state index contributed by atoms with van der Waals surface area (Å²) in [5, 5.41) is 8.78. The summed E-state index contributed by atoms with van der Waals surface area (Å²) >= 11 is 3.30. The van der Waals surface area contributed by atoms with Crippen LogP contribution in [0, 0.1) is 17.1 Å². The molecule has 2 nitrogen and oxygen atoms in total. The van der Waals surface area contributed by atoms with Gasteiger partial charge in [-0.2, -0.15) is 5.26 Å². The zero-order valence-electron chi connectivity index (χ0n) is 9.77. The third kappa shape index (κ3) is 3.49. The minimum absolute atomic E-state index is 0.0585. The van der Waals surface area contributed by atoms with Gasteiger partial charge in [0, 0.05) is 14.9 Å². The molecule has 19 heavy (non-hydrogen) atoms. The Morgan fingerprint density at radius 2 is 1.89 bits per heavy atom. The van der Waals surface area contributed by atoms with E-state index in [1.54, 1.807) is 24.3 Å². The van der Waals surface area contributed by atoms with Crippen molar-refractivity contribution in [1.82, 2.24) is 0 Å². The van der Waals surface area contributed by atoms with Gasteiger partial charge >= 0.3 is 0 Å². The van der Waals surface area contributed by atoms with Gasteiger partial charge in [-0.15, -0.1) is 0 Å². The van der Waals surface area contributed by atoms with Crippen molar-refractivity contribution in [3.05, 3.63) is 63.9 Å². The number of rotatable bonds is 3. The van der Waals surface area contributed by atoms with Gasteiger partial charge in [-0.3, -0.25) is 4.21 Å². The minimum Gasteiger partial charge on any atom is -0.254 e. The maximum atomic E-state index is 13.6. The van der Waals surface area contributed by atoms with Gasteiger partial charge in [0.15, 0.2) is 0 Å². The first kappa shape index (κ1) is 13.9. The quantitative estimate of drug-likeness (QED) is 0.855. The Morgan fingerprint density at radius 3 is 2.53 bits per heavy atom. The van der Waals surface area contributed by atoms with Gasteiger partial charge in [-0.25, -0.2) is 4.39 Å². The van der Waals surface area contributed by atoms with Crippen molar-refractivity contribution in [3.8, 4) is 6.07 Å². The van der Waals surface area contributed by atoms with Crippen molar-refractivity contribution in [3.63, 3.8) is 0 Å². The second kappa shape index (κ2) is 6.09. The van der Waals surface area contributed by atoms with Crippen molar-refractivity contribution < 1.29 is 8.60 Å². The van der Waals surface area contributed by atoms with Gasteiger partial charge in [0.1, 0.15) is 5.82 Å². The van der Waals surface area contributed by atoms with Crippen LogP contribution in [0.3, 0.4) is 0 Å². The Hall–Kier alpha value is -1.51. The maximum absolute atomic E-state index is 13.6. The smallest absolute Gasteiger partial charge is 0.127 e. The van der Waals surface area contributed by atoms with E-state index in [-0.39, 0.29) is 5.75 Å². The van der Waals surface area contributed by atoms with Gasteiger partial charge in [-0.1, -0.05) is 15.9 Å². The van der Waals surface area contributed by atoms with E-state index in [0.717, 1.165) is 4.47 Å². The van der Waals surface area contributed by atoms with Crippen LogP contribution in [0.2, 0.25) is 0 Å². The molecular weight excluding hydrogens is 329 g/mol. The highest BCUT2D eigenvalue weighted by Gasteiger charge is 2.10. The van der Waals surface area contributed by atoms with Gasteiger partial charge in [-0.05, 0) is 42.5 Å². The highest BCUT2D eigenvalue weighted by Crippen LogP contribution is 2.18. The summed E-state index contributed by atoms with van der Waals surface area (Å²) in [7, 11) is -1.33. The van der Waals surface area contributed by atoms with Crippen LogP contribution in [0.1, 0.15) is 11.1 Å². The van der Waals surface area contributed by atoms with Crippen molar-refractivity contribution in [2.45, 2.75) is 10.6 Å². The number of nitriles is 1. The molecule has 2 rings (SSSR count). The Kier molecular flexibility index (Phi) is 4.46. The molecular formula is C14H9BrFNOS. The predicted octanol–water partition coefficient (Wildman–Crippen LogP) is 3.77. The van der Waals surface area contributed by atoms with Crippen LogP contribution in [0.5, 0.6) is 0 Å². The molecule has 0 saturated heterocycles. The Labute approximate surface area is 121 Å². The first-order valence-electron chi connectivity index (χ1n) is 5.42. The SMILES string of the molecule is N#Cc1ccc(F)c(CS(=O)c2ccc(Br)cc2)c1. The molecule has 0 heterocycles. The van der Waals surface area contributed by atoms with Gasteiger partial charge < -0.3 is 0 Å². The third-order valence-electron chi connectivity index (χ3n) is 2.54. The van der Waals surface area contributed by atoms with Crippen LogP contribution in [0.25, 0.3) is 0 Å². The molecule has 0 spiro atoms. The van der Waals surface area contributed by atoms with Crippen LogP contribution < -0.4 is 0 Å². The lowest BCUT2D eigenvalue weighted by Gasteiger charge is -2.05. The molecule has 2 aromatic rings. The third-order valence-corrected chi connectivity index (χ3v) is 4.44. The fraction of sp³-hybridized carbons (Fsp3) is 0.0714. The van der Waals surface area contributed by atoms with E-state index in [1.807, 2.05) is 6.07 Å². The number of benzene rings is 2. The van der Waals surface area contributed by atoms with Crippen LogP contribution in [0.4, 0.5) is 4.39 Å². The summed E-state index contributed by atoms with van der Waals surface area (Å²) in [5.41, 5.74) is 0.657. The summed E-state index contributed by atoms with van der Waals surface area (Å²) in [5.74, 6) is -0.382. The molecule has 2 aromatic carbocycles. The number of halogens is 2. The standard InChI is InChI=1S/C14H9BrFNOS/c15-12-2-4-13(5-3-12)19(18)9-11-7-10(8-17)1-6-14(11)16/h1-7H,9H2. The van der Waals surface area contributed by atoms with Crippen LogP contribution in [0.15, 0.2) is 51.8 Å². The average molecular weight is 338 g/mol. The molecule has 0 aliphatic heterocycles. The van der Waals surface area contributed by atoms with Crippen LogP contribution in [-0.2, 0) is 16.6 Å². The monoisotopic (exact) mass is 337 g/mol. The van der Waals surface area contributed by atoms with E-state index in [9.17, 15) is 8.60 Å². The van der Waals surface area contributed by atoms with Crippen molar-refractivity contribution >= 4 is 26.7 Å². The van der Waals surface area contributed by atoms with E-state index in [2.05, 4.69) is 15.9 Å². The highest BCUT2D eigenvalue weighted by atomic mass is 79.9. The second-order valence-corrected chi connectivity index (χ2v) is 6.23. The second-order valence-electron chi connectivity index (χ2n) is 3.86. The molecule has 0 aliphatic rings. The number of hydrogen-bond acceptors (Lipinski definition) is 2. The molecule has 96 valence electrons. The molecule has 1 atom stereocenters. The number of hydrogen-bond donors (Lipinski definition) is 0. The summed E-state index contributed by atoms with van der Waals surface area (Å²) < 4.78 is 26.6. The zero-order chi connectivity index (χ0) is 13.8. The molecule has 5 heteroatoms. The summed E-state index contributed by atoms with van der Waals surface area (Å²) in [6.07, 6.45) is 0. The topological polar surface area (TPSA) is 40.9 Å². The predicted molar refractivity (Wildman–Crippen MR) is 75.4 cm³/mol. The van der Waals surface area contributed by atoms with Crippen LogP contribution >= 0.6 is 15.9 Å². The molecule has 0 aliphatic carbocycles.